The molecule has 4 heterocycles. The lowest BCUT2D eigenvalue weighted by atomic mass is 10.1. The molecule has 5 rings (SSSR count). The number of likely N-dealkylation sites (tertiary alicyclic amines) is 2. The smallest absolute Gasteiger partial charge is 0.410 e. The number of carbonyl (C=O) groups is 2. The molecule has 1 atom stereocenters. The Balaban J connectivity index is 1.13. The van der Waals surface area contributed by atoms with Gasteiger partial charge in [0, 0.05) is 56.3 Å². The Labute approximate surface area is 229 Å². The van der Waals surface area contributed by atoms with Gasteiger partial charge in [0.25, 0.3) is 0 Å². The van der Waals surface area contributed by atoms with Gasteiger partial charge in [-0.25, -0.2) is 4.79 Å². The predicted octanol–water partition coefficient (Wildman–Crippen LogP) is 2.55. The number of anilines is 2. The van der Waals surface area contributed by atoms with E-state index >= 15 is 0 Å². The van der Waals surface area contributed by atoms with Crippen molar-refractivity contribution in [3.63, 3.8) is 0 Å². The van der Waals surface area contributed by atoms with Crippen molar-refractivity contribution in [1.29, 1.82) is 0 Å². The van der Waals surface area contributed by atoms with Gasteiger partial charge in [-0.05, 0) is 45.7 Å². The lowest BCUT2D eigenvalue weighted by Gasteiger charge is -2.32. The van der Waals surface area contributed by atoms with E-state index in [1.54, 1.807) is 20.4 Å². The second kappa shape index (κ2) is 11.8. The van der Waals surface area contributed by atoms with Crippen LogP contribution in [0.15, 0.2) is 18.3 Å². The van der Waals surface area contributed by atoms with Gasteiger partial charge < -0.3 is 30.1 Å². The zero-order valence-electron chi connectivity index (χ0n) is 23.5. The minimum absolute atomic E-state index is 0.0331. The molecule has 12 heteroatoms. The van der Waals surface area contributed by atoms with Crippen molar-refractivity contribution >= 4 is 29.5 Å². The minimum Gasteiger partial charge on any atom is -0.444 e. The Morgan fingerprint density at radius 3 is 2.46 bits per heavy atom. The average Bonchev–Trinajstić information content (AvgIpc) is 3.40. The Morgan fingerprint density at radius 1 is 1.05 bits per heavy atom. The maximum Gasteiger partial charge on any atom is 0.410 e. The first kappa shape index (κ1) is 27.2. The van der Waals surface area contributed by atoms with E-state index in [9.17, 15) is 9.59 Å². The fourth-order valence-electron chi connectivity index (χ4n) is 4.97. The number of hydrogen-bond acceptors (Lipinski definition) is 9. The summed E-state index contributed by atoms with van der Waals surface area (Å²) in [4.78, 5) is 40.2. The third kappa shape index (κ3) is 6.78. The van der Waals surface area contributed by atoms with Crippen LogP contribution in [0.3, 0.4) is 0 Å². The van der Waals surface area contributed by atoms with Crippen molar-refractivity contribution in [2.45, 2.75) is 70.1 Å². The molecular weight excluding hydrogens is 498 g/mol. The number of ether oxygens (including phenoxy) is 1. The van der Waals surface area contributed by atoms with Crippen molar-refractivity contribution in [3.05, 3.63) is 23.9 Å². The molecule has 12 nitrogen and oxygen atoms in total. The van der Waals surface area contributed by atoms with Crippen LogP contribution < -0.4 is 10.6 Å². The Hall–Kier alpha value is -3.41. The van der Waals surface area contributed by atoms with Crippen molar-refractivity contribution < 1.29 is 14.3 Å². The standard InChI is InChI=1S/C27H41N9O3/c1-18(2)22-16-28-36-24(22)31-25(29-19-7-8-19)32-26(36)30-20-9-13-34(14-10-20)27(38)39-21-11-15-35(17-21)23(37)6-5-12-33(3)4/h5-6,16,18-21H,7-15,17H2,1-4H3,(H2,29,30,31,32)/b6-5+/t21-/m0/s1. The SMILES string of the molecule is CC(C)c1cnn2c(NC3CCN(C(=O)O[C@H]4CCN(C(=O)/C=C/CN(C)C)C4)CC3)nc(NC3CC3)nc12. The van der Waals surface area contributed by atoms with Gasteiger partial charge >= 0.3 is 6.09 Å². The molecule has 1 aliphatic carbocycles. The summed E-state index contributed by atoms with van der Waals surface area (Å²) >= 11 is 0. The summed E-state index contributed by atoms with van der Waals surface area (Å²) in [6.45, 7) is 7.22. The molecule has 1 saturated carbocycles. The van der Waals surface area contributed by atoms with Crippen LogP contribution in [0.1, 0.15) is 57.4 Å². The van der Waals surface area contributed by atoms with Crippen LogP contribution >= 0.6 is 0 Å². The number of rotatable bonds is 9. The predicted molar refractivity (Wildman–Crippen MR) is 149 cm³/mol. The topological polar surface area (TPSA) is 120 Å². The Bertz CT molecular complexity index is 1200. The van der Waals surface area contributed by atoms with E-state index in [1.807, 2.05) is 31.3 Å². The molecule has 2 aromatic heterocycles. The first-order valence-electron chi connectivity index (χ1n) is 14.1. The summed E-state index contributed by atoms with van der Waals surface area (Å²) in [6, 6.07) is 0.603. The van der Waals surface area contributed by atoms with Crippen molar-refractivity contribution in [1.82, 2.24) is 34.3 Å². The van der Waals surface area contributed by atoms with E-state index in [-0.39, 0.29) is 24.1 Å². The molecule has 39 heavy (non-hydrogen) atoms. The first-order valence-corrected chi connectivity index (χ1v) is 14.1. The highest BCUT2D eigenvalue weighted by Gasteiger charge is 2.31. The minimum atomic E-state index is -0.301. The normalized spacial score (nSPS) is 20.5. The van der Waals surface area contributed by atoms with Gasteiger partial charge in [0.05, 0.1) is 12.7 Å². The summed E-state index contributed by atoms with van der Waals surface area (Å²) in [5.41, 5.74) is 1.91. The molecule has 2 saturated heterocycles. The van der Waals surface area contributed by atoms with E-state index in [1.165, 1.54) is 0 Å². The van der Waals surface area contributed by atoms with Crippen LogP contribution in [0, 0.1) is 0 Å². The Morgan fingerprint density at radius 2 is 1.77 bits per heavy atom. The monoisotopic (exact) mass is 539 g/mol. The maximum absolute atomic E-state index is 12.9. The summed E-state index contributed by atoms with van der Waals surface area (Å²) in [5, 5.41) is 11.5. The second-order valence-electron chi connectivity index (χ2n) is 11.4. The summed E-state index contributed by atoms with van der Waals surface area (Å²) in [6.07, 6.45) is 9.27. The molecule has 212 valence electrons. The van der Waals surface area contributed by atoms with Gasteiger partial charge in [-0.1, -0.05) is 19.9 Å². The molecule has 0 unspecified atom stereocenters. The number of hydrogen-bond donors (Lipinski definition) is 2. The summed E-state index contributed by atoms with van der Waals surface area (Å²) in [5.74, 6) is 1.58. The van der Waals surface area contributed by atoms with Gasteiger partial charge in [0.1, 0.15) is 6.10 Å². The lowest BCUT2D eigenvalue weighted by Crippen LogP contribution is -2.44. The van der Waals surface area contributed by atoms with Crippen LogP contribution in [-0.4, -0.2) is 111 Å². The van der Waals surface area contributed by atoms with Crippen molar-refractivity contribution in [3.8, 4) is 0 Å². The average molecular weight is 540 g/mol. The van der Waals surface area contributed by atoms with Crippen LogP contribution in [0.4, 0.5) is 16.7 Å². The molecule has 2 aromatic rings. The summed E-state index contributed by atoms with van der Waals surface area (Å²) < 4.78 is 7.55. The lowest BCUT2D eigenvalue weighted by molar-refractivity contribution is -0.125. The Kier molecular flexibility index (Phi) is 8.20. The number of nitrogens with one attached hydrogen (secondary N) is 2. The van der Waals surface area contributed by atoms with Gasteiger partial charge in [-0.15, -0.1) is 0 Å². The zero-order valence-corrected chi connectivity index (χ0v) is 23.5. The van der Waals surface area contributed by atoms with Crippen LogP contribution in [0.2, 0.25) is 0 Å². The number of fused-ring (bicyclic) bond motifs is 1. The van der Waals surface area contributed by atoms with E-state index in [4.69, 9.17) is 14.7 Å². The molecule has 0 radical (unpaired) electrons. The number of likely N-dealkylation sites (N-methyl/N-ethyl adjacent to an activating group) is 1. The third-order valence-electron chi connectivity index (χ3n) is 7.47. The molecule has 0 bridgehead atoms. The van der Waals surface area contributed by atoms with Crippen molar-refractivity contribution in [2.75, 3.05) is 57.5 Å². The highest BCUT2D eigenvalue weighted by atomic mass is 16.6. The van der Waals surface area contributed by atoms with E-state index in [2.05, 4.69) is 29.6 Å². The molecule has 2 aliphatic heterocycles. The summed E-state index contributed by atoms with van der Waals surface area (Å²) in [7, 11) is 3.91. The van der Waals surface area contributed by atoms with Gasteiger partial charge in [-0.2, -0.15) is 19.6 Å². The van der Waals surface area contributed by atoms with E-state index in [0.29, 0.717) is 63.0 Å². The molecule has 0 spiro atoms. The number of carbonyl (C=O) groups excluding carboxylic acids is 2. The first-order chi connectivity index (χ1) is 18.8. The quantitative estimate of drug-likeness (QED) is 0.463. The van der Waals surface area contributed by atoms with Crippen LogP contribution in [-0.2, 0) is 9.53 Å². The third-order valence-corrected chi connectivity index (χ3v) is 7.47. The molecular formula is C27H41N9O3. The number of piperidine rings is 1. The molecule has 2 amide bonds. The second-order valence-corrected chi connectivity index (χ2v) is 11.4. The molecule has 3 aliphatic rings. The highest BCUT2D eigenvalue weighted by molar-refractivity contribution is 5.87. The fraction of sp³-hybridized carbons (Fsp3) is 0.667. The zero-order chi connectivity index (χ0) is 27.5. The van der Waals surface area contributed by atoms with E-state index < -0.39 is 0 Å². The van der Waals surface area contributed by atoms with E-state index in [0.717, 1.165) is 36.9 Å². The number of aromatic nitrogens is 4. The largest absolute Gasteiger partial charge is 0.444 e. The molecule has 0 aromatic carbocycles. The fourth-order valence-corrected chi connectivity index (χ4v) is 4.97. The van der Waals surface area contributed by atoms with Crippen molar-refractivity contribution in [2.24, 2.45) is 0 Å². The highest BCUT2D eigenvalue weighted by Crippen LogP contribution is 2.27. The molecule has 3 fully saturated rings. The maximum atomic E-state index is 12.9. The van der Waals surface area contributed by atoms with Crippen LogP contribution in [0.25, 0.3) is 5.65 Å². The number of amides is 2. The number of nitrogens with zero attached hydrogens (tertiary/aromatic N) is 7. The van der Waals surface area contributed by atoms with Gasteiger partial charge in [-0.3, -0.25) is 4.79 Å². The molecule has 2 N–H and O–H groups in total. The van der Waals surface area contributed by atoms with Crippen LogP contribution in [0.5, 0.6) is 0 Å². The van der Waals surface area contributed by atoms with Gasteiger partial charge in [0.15, 0.2) is 5.65 Å². The van der Waals surface area contributed by atoms with Gasteiger partial charge in [0.2, 0.25) is 17.8 Å².